The van der Waals surface area contributed by atoms with Gasteiger partial charge in [-0.2, -0.15) is 5.26 Å². The van der Waals surface area contributed by atoms with Crippen LogP contribution in [-0.2, 0) is 6.61 Å². The number of hydrogen-bond donors (Lipinski definition) is 0. The minimum atomic E-state index is 0.397. The number of hydrogen-bond acceptors (Lipinski definition) is 4. The van der Waals surface area contributed by atoms with Crippen LogP contribution in [-0.4, -0.2) is 14.2 Å². The summed E-state index contributed by atoms with van der Waals surface area (Å²) in [4.78, 5) is 0. The lowest BCUT2D eigenvalue weighted by molar-refractivity contribution is 0.282. The van der Waals surface area contributed by atoms with E-state index in [1.54, 1.807) is 14.2 Å². The van der Waals surface area contributed by atoms with E-state index in [1.807, 2.05) is 66.7 Å². The van der Waals surface area contributed by atoms with Crippen LogP contribution in [0, 0.1) is 14.9 Å². The Kier molecular flexibility index (Phi) is 7.61. The fraction of sp³-hybridized carbons (Fsp3) is 0.125. The third-order valence-electron chi connectivity index (χ3n) is 4.38. The minimum absolute atomic E-state index is 0.397. The molecular formula is C24H19ClINO3. The average Bonchev–Trinajstić information content (AvgIpc) is 2.77. The molecule has 0 saturated heterocycles. The smallest absolute Gasteiger partial charge is 0.174 e. The van der Waals surface area contributed by atoms with Crippen molar-refractivity contribution in [2.75, 3.05) is 14.2 Å². The second-order valence-corrected chi connectivity index (χ2v) is 7.95. The summed E-state index contributed by atoms with van der Waals surface area (Å²) >= 11 is 8.15. The third-order valence-corrected chi connectivity index (χ3v) is 5.43. The van der Waals surface area contributed by atoms with Crippen molar-refractivity contribution in [2.45, 2.75) is 6.61 Å². The topological polar surface area (TPSA) is 51.5 Å². The highest BCUT2D eigenvalue weighted by atomic mass is 127. The highest BCUT2D eigenvalue weighted by Crippen LogP contribution is 2.35. The van der Waals surface area contributed by atoms with Crippen molar-refractivity contribution >= 4 is 45.8 Å². The first kappa shape index (κ1) is 22.0. The number of ether oxygens (including phenoxy) is 3. The third kappa shape index (κ3) is 5.47. The van der Waals surface area contributed by atoms with Gasteiger partial charge >= 0.3 is 0 Å². The van der Waals surface area contributed by atoms with E-state index < -0.39 is 0 Å². The molecule has 152 valence electrons. The fourth-order valence-corrected chi connectivity index (χ4v) is 3.72. The van der Waals surface area contributed by atoms with Gasteiger partial charge in [0.15, 0.2) is 11.5 Å². The predicted molar refractivity (Wildman–Crippen MR) is 128 cm³/mol. The Morgan fingerprint density at radius 3 is 2.33 bits per heavy atom. The number of rotatable bonds is 7. The van der Waals surface area contributed by atoms with Crippen molar-refractivity contribution in [2.24, 2.45) is 0 Å². The van der Waals surface area contributed by atoms with Gasteiger partial charge in [0.1, 0.15) is 12.4 Å². The molecular weight excluding hydrogens is 513 g/mol. The number of halogens is 2. The first-order chi connectivity index (χ1) is 14.5. The SMILES string of the molecule is COc1ccc(/C(C#N)=C/c2cc(I)c(OCc3ccc(Cl)cc3)c(OC)c2)cc1. The van der Waals surface area contributed by atoms with Crippen LogP contribution in [0.2, 0.25) is 5.02 Å². The van der Waals surface area contributed by atoms with Gasteiger partial charge in [0.2, 0.25) is 0 Å². The van der Waals surface area contributed by atoms with E-state index in [9.17, 15) is 5.26 Å². The summed E-state index contributed by atoms with van der Waals surface area (Å²) in [5.74, 6) is 2.01. The molecule has 0 bridgehead atoms. The maximum absolute atomic E-state index is 9.63. The summed E-state index contributed by atoms with van der Waals surface area (Å²) in [6.45, 7) is 0.397. The Balaban J connectivity index is 1.87. The van der Waals surface area contributed by atoms with Crippen LogP contribution in [0.3, 0.4) is 0 Å². The van der Waals surface area contributed by atoms with Gasteiger partial charge in [-0.15, -0.1) is 0 Å². The molecule has 0 N–H and O–H groups in total. The van der Waals surface area contributed by atoms with Crippen molar-refractivity contribution in [3.8, 4) is 23.3 Å². The molecule has 0 radical (unpaired) electrons. The lowest BCUT2D eigenvalue weighted by Gasteiger charge is -2.14. The molecule has 3 aromatic carbocycles. The van der Waals surface area contributed by atoms with Crippen molar-refractivity contribution < 1.29 is 14.2 Å². The summed E-state index contributed by atoms with van der Waals surface area (Å²) in [7, 11) is 3.21. The van der Waals surface area contributed by atoms with Crippen molar-refractivity contribution in [3.63, 3.8) is 0 Å². The van der Waals surface area contributed by atoms with Gasteiger partial charge < -0.3 is 14.2 Å². The summed E-state index contributed by atoms with van der Waals surface area (Å²) in [6.07, 6.45) is 1.83. The van der Waals surface area contributed by atoms with Crippen LogP contribution >= 0.6 is 34.2 Å². The molecule has 0 fully saturated rings. The van der Waals surface area contributed by atoms with Crippen molar-refractivity contribution in [1.29, 1.82) is 5.26 Å². The quantitative estimate of drug-likeness (QED) is 0.196. The first-order valence-electron chi connectivity index (χ1n) is 9.05. The lowest BCUT2D eigenvalue weighted by Crippen LogP contribution is -2.00. The molecule has 0 aliphatic rings. The van der Waals surface area contributed by atoms with Crippen LogP contribution in [0.25, 0.3) is 11.6 Å². The van der Waals surface area contributed by atoms with Gasteiger partial charge in [0.25, 0.3) is 0 Å². The van der Waals surface area contributed by atoms with E-state index in [-0.39, 0.29) is 0 Å². The van der Waals surface area contributed by atoms with Gasteiger partial charge in [-0.25, -0.2) is 0 Å². The summed E-state index contributed by atoms with van der Waals surface area (Å²) in [5.41, 5.74) is 3.22. The predicted octanol–water partition coefficient (Wildman–Crippen LogP) is 6.60. The fourth-order valence-electron chi connectivity index (χ4n) is 2.82. The largest absolute Gasteiger partial charge is 0.497 e. The molecule has 4 nitrogen and oxygen atoms in total. The highest BCUT2D eigenvalue weighted by molar-refractivity contribution is 14.1. The molecule has 0 amide bonds. The van der Waals surface area contributed by atoms with E-state index in [0.717, 1.165) is 26.0 Å². The van der Waals surface area contributed by atoms with E-state index in [1.165, 1.54) is 0 Å². The van der Waals surface area contributed by atoms with Crippen molar-refractivity contribution in [3.05, 3.63) is 85.9 Å². The summed E-state index contributed by atoms with van der Waals surface area (Å²) in [5, 5.41) is 10.3. The van der Waals surface area contributed by atoms with Crippen LogP contribution in [0.1, 0.15) is 16.7 Å². The molecule has 0 aliphatic heterocycles. The van der Waals surface area contributed by atoms with Crippen LogP contribution < -0.4 is 14.2 Å². The second-order valence-electron chi connectivity index (χ2n) is 6.35. The van der Waals surface area contributed by atoms with Gasteiger partial charge in [0, 0.05) is 5.02 Å². The van der Waals surface area contributed by atoms with Crippen LogP contribution in [0.15, 0.2) is 60.7 Å². The van der Waals surface area contributed by atoms with E-state index in [2.05, 4.69) is 28.7 Å². The monoisotopic (exact) mass is 531 g/mol. The summed E-state index contributed by atoms with van der Waals surface area (Å²) in [6, 6.07) is 21.0. The average molecular weight is 532 g/mol. The molecule has 0 spiro atoms. The zero-order valence-electron chi connectivity index (χ0n) is 16.5. The number of nitrogens with zero attached hydrogens (tertiary/aromatic N) is 1. The standard InChI is InChI=1S/C24H19ClINO3/c1-28-21-9-5-18(6-10-21)19(14-27)11-17-12-22(26)24(23(13-17)29-2)30-15-16-3-7-20(25)8-4-16/h3-13H,15H2,1-2H3/b19-11+. The molecule has 3 aromatic rings. The number of nitriles is 1. The van der Waals surface area contributed by atoms with E-state index in [4.69, 9.17) is 25.8 Å². The number of allylic oxidation sites excluding steroid dienone is 1. The molecule has 6 heteroatoms. The molecule has 30 heavy (non-hydrogen) atoms. The minimum Gasteiger partial charge on any atom is -0.497 e. The first-order valence-corrected chi connectivity index (χ1v) is 10.5. The molecule has 0 saturated carbocycles. The second kappa shape index (κ2) is 10.4. The lowest BCUT2D eigenvalue weighted by atomic mass is 10.0. The molecule has 0 aliphatic carbocycles. The molecule has 0 atom stereocenters. The van der Waals surface area contributed by atoms with Gasteiger partial charge in [-0.05, 0) is 93.9 Å². The number of benzene rings is 3. The van der Waals surface area contributed by atoms with Gasteiger partial charge in [0.05, 0.1) is 29.4 Å². The molecule has 3 rings (SSSR count). The molecule has 0 unspecified atom stereocenters. The molecule has 0 heterocycles. The maximum Gasteiger partial charge on any atom is 0.174 e. The molecule has 0 aromatic heterocycles. The highest BCUT2D eigenvalue weighted by Gasteiger charge is 2.12. The van der Waals surface area contributed by atoms with Crippen molar-refractivity contribution in [1.82, 2.24) is 0 Å². The zero-order chi connectivity index (χ0) is 21.5. The Bertz CT molecular complexity index is 1090. The Hall–Kier alpha value is -2.69. The van der Waals surface area contributed by atoms with E-state index >= 15 is 0 Å². The summed E-state index contributed by atoms with van der Waals surface area (Å²) < 4.78 is 17.6. The Morgan fingerprint density at radius 2 is 1.73 bits per heavy atom. The normalized spacial score (nSPS) is 11.0. The number of methoxy groups -OCH3 is 2. The van der Waals surface area contributed by atoms with Gasteiger partial charge in [-0.3, -0.25) is 0 Å². The maximum atomic E-state index is 9.63. The van der Waals surface area contributed by atoms with Crippen LogP contribution in [0.4, 0.5) is 0 Å². The Morgan fingerprint density at radius 1 is 1.03 bits per heavy atom. The van der Waals surface area contributed by atoms with E-state index in [0.29, 0.717) is 28.7 Å². The van der Waals surface area contributed by atoms with Gasteiger partial charge in [-0.1, -0.05) is 23.7 Å². The van der Waals surface area contributed by atoms with Crippen LogP contribution in [0.5, 0.6) is 17.2 Å². The Labute approximate surface area is 194 Å². The zero-order valence-corrected chi connectivity index (χ0v) is 19.4.